The number of halogens is 1. The van der Waals surface area contributed by atoms with E-state index in [-0.39, 0.29) is 0 Å². The lowest BCUT2D eigenvalue weighted by Gasteiger charge is -1.97. The molecule has 0 saturated heterocycles. The van der Waals surface area contributed by atoms with Crippen LogP contribution in [0.4, 0.5) is 10.1 Å². The second kappa shape index (κ2) is 3.53. The number of nitrogens with zero attached hydrogens (tertiary/aromatic N) is 1. The second-order valence-electron chi connectivity index (χ2n) is 2.90. The van der Waals surface area contributed by atoms with Crippen molar-refractivity contribution in [3.05, 3.63) is 52.5 Å². The highest BCUT2D eigenvalue weighted by Crippen LogP contribution is 2.25. The molecule has 4 nitrogen and oxygen atoms in total. The van der Waals surface area contributed by atoms with E-state index in [1.807, 2.05) is 0 Å². The van der Waals surface area contributed by atoms with Crippen molar-refractivity contribution in [1.82, 2.24) is 0 Å². The monoisotopic (exact) mass is 207 g/mol. The minimum absolute atomic E-state index is 0.475. The Balaban J connectivity index is 2.47. The van der Waals surface area contributed by atoms with Crippen LogP contribution in [0, 0.1) is 15.9 Å². The number of hydrogen-bond acceptors (Lipinski definition) is 3. The van der Waals surface area contributed by atoms with Crippen LogP contribution in [-0.2, 0) is 0 Å². The van der Waals surface area contributed by atoms with Crippen LogP contribution in [0.25, 0.3) is 11.3 Å². The molecule has 0 radical (unpaired) electrons. The van der Waals surface area contributed by atoms with Gasteiger partial charge in [-0.05, 0) is 24.3 Å². The molecular weight excluding hydrogens is 201 g/mol. The number of rotatable bonds is 2. The zero-order chi connectivity index (χ0) is 10.8. The molecule has 0 amide bonds. The van der Waals surface area contributed by atoms with Gasteiger partial charge in [-0.15, -0.1) is 0 Å². The molecule has 0 N–H and O–H groups in total. The standard InChI is InChI=1S/C10H6FNO3/c11-8-6-7(10-2-1-5-15-10)3-4-9(8)12(13)14/h1-6H. The summed E-state index contributed by atoms with van der Waals surface area (Å²) in [7, 11) is 0. The number of nitro groups is 1. The Morgan fingerprint density at radius 3 is 2.67 bits per heavy atom. The van der Waals surface area contributed by atoms with Crippen molar-refractivity contribution in [3.8, 4) is 11.3 Å². The van der Waals surface area contributed by atoms with Crippen molar-refractivity contribution < 1.29 is 13.7 Å². The topological polar surface area (TPSA) is 56.3 Å². The van der Waals surface area contributed by atoms with Gasteiger partial charge in [-0.1, -0.05) is 0 Å². The van der Waals surface area contributed by atoms with Gasteiger partial charge in [0.05, 0.1) is 11.2 Å². The van der Waals surface area contributed by atoms with E-state index >= 15 is 0 Å². The summed E-state index contributed by atoms with van der Waals surface area (Å²) in [5, 5.41) is 10.4. The van der Waals surface area contributed by atoms with Crippen LogP contribution in [0.15, 0.2) is 41.0 Å². The van der Waals surface area contributed by atoms with Gasteiger partial charge in [-0.25, -0.2) is 0 Å². The molecule has 2 aromatic rings. The van der Waals surface area contributed by atoms with E-state index < -0.39 is 16.4 Å². The van der Waals surface area contributed by atoms with Gasteiger partial charge in [-0.2, -0.15) is 4.39 Å². The normalized spacial score (nSPS) is 10.2. The van der Waals surface area contributed by atoms with Crippen molar-refractivity contribution in [2.75, 3.05) is 0 Å². The molecule has 0 spiro atoms. The lowest BCUT2D eigenvalue weighted by atomic mass is 10.1. The first-order valence-electron chi connectivity index (χ1n) is 4.16. The van der Waals surface area contributed by atoms with Gasteiger partial charge in [0.15, 0.2) is 0 Å². The number of nitro benzene ring substituents is 1. The average Bonchev–Trinajstić information content (AvgIpc) is 2.69. The highest BCUT2D eigenvalue weighted by molar-refractivity contribution is 5.59. The third-order valence-corrected chi connectivity index (χ3v) is 1.95. The predicted molar refractivity (Wildman–Crippen MR) is 50.8 cm³/mol. The maximum atomic E-state index is 13.2. The Morgan fingerprint density at radius 1 is 1.33 bits per heavy atom. The van der Waals surface area contributed by atoms with E-state index in [2.05, 4.69) is 0 Å². The fourth-order valence-corrected chi connectivity index (χ4v) is 1.25. The molecule has 0 aliphatic heterocycles. The number of hydrogen-bond donors (Lipinski definition) is 0. The summed E-state index contributed by atoms with van der Waals surface area (Å²) in [6.45, 7) is 0. The molecule has 5 heteroatoms. The Bertz CT molecular complexity index is 493. The smallest absolute Gasteiger partial charge is 0.304 e. The first-order chi connectivity index (χ1) is 7.18. The first kappa shape index (κ1) is 9.39. The Morgan fingerprint density at radius 2 is 2.13 bits per heavy atom. The fourth-order valence-electron chi connectivity index (χ4n) is 1.25. The molecule has 1 aromatic carbocycles. The average molecular weight is 207 g/mol. The quantitative estimate of drug-likeness (QED) is 0.561. The summed E-state index contributed by atoms with van der Waals surface area (Å²) in [4.78, 5) is 9.60. The lowest BCUT2D eigenvalue weighted by molar-refractivity contribution is -0.387. The Labute approximate surface area is 84.1 Å². The van der Waals surface area contributed by atoms with E-state index in [1.54, 1.807) is 12.1 Å². The minimum Gasteiger partial charge on any atom is -0.464 e. The molecule has 1 aromatic heterocycles. The maximum absolute atomic E-state index is 13.2. The summed E-state index contributed by atoms with van der Waals surface area (Å²) in [5.74, 6) is -0.391. The van der Waals surface area contributed by atoms with Crippen molar-refractivity contribution in [2.24, 2.45) is 0 Å². The van der Waals surface area contributed by atoms with Crippen molar-refractivity contribution in [3.63, 3.8) is 0 Å². The summed E-state index contributed by atoms with van der Waals surface area (Å²) < 4.78 is 18.2. The molecule has 0 fully saturated rings. The van der Waals surface area contributed by atoms with E-state index in [0.29, 0.717) is 11.3 Å². The molecule has 0 saturated carbocycles. The molecular formula is C10H6FNO3. The van der Waals surface area contributed by atoms with Crippen molar-refractivity contribution in [1.29, 1.82) is 0 Å². The summed E-state index contributed by atoms with van der Waals surface area (Å²) >= 11 is 0. The fraction of sp³-hybridized carbons (Fsp3) is 0. The van der Waals surface area contributed by atoms with Gasteiger partial charge < -0.3 is 4.42 Å². The number of furan rings is 1. The summed E-state index contributed by atoms with van der Waals surface area (Å²) in [6.07, 6.45) is 1.45. The molecule has 0 bridgehead atoms. The molecule has 0 aliphatic carbocycles. The van der Waals surface area contributed by atoms with Crippen molar-refractivity contribution in [2.45, 2.75) is 0 Å². The zero-order valence-corrected chi connectivity index (χ0v) is 7.51. The molecule has 0 atom stereocenters. The molecule has 76 valence electrons. The van der Waals surface area contributed by atoms with Crippen LogP contribution >= 0.6 is 0 Å². The van der Waals surface area contributed by atoms with Crippen LogP contribution in [0.1, 0.15) is 0 Å². The summed E-state index contributed by atoms with van der Waals surface area (Å²) in [5.41, 5.74) is -0.0617. The van der Waals surface area contributed by atoms with Gasteiger partial charge in [0.1, 0.15) is 5.76 Å². The van der Waals surface area contributed by atoms with Gasteiger partial charge >= 0.3 is 5.69 Å². The molecule has 1 heterocycles. The van der Waals surface area contributed by atoms with E-state index in [9.17, 15) is 14.5 Å². The molecule has 15 heavy (non-hydrogen) atoms. The van der Waals surface area contributed by atoms with Crippen LogP contribution < -0.4 is 0 Å². The van der Waals surface area contributed by atoms with Crippen LogP contribution in [0.2, 0.25) is 0 Å². The first-order valence-corrected chi connectivity index (χ1v) is 4.16. The van der Waals surface area contributed by atoms with E-state index in [4.69, 9.17) is 4.42 Å². The van der Waals surface area contributed by atoms with Gasteiger partial charge in [0.25, 0.3) is 0 Å². The largest absolute Gasteiger partial charge is 0.464 e. The predicted octanol–water partition coefficient (Wildman–Crippen LogP) is 2.99. The zero-order valence-electron chi connectivity index (χ0n) is 7.51. The summed E-state index contributed by atoms with van der Waals surface area (Å²) in [6, 6.07) is 6.96. The van der Waals surface area contributed by atoms with Crippen LogP contribution in [0.5, 0.6) is 0 Å². The third kappa shape index (κ3) is 1.71. The molecule has 0 aliphatic rings. The van der Waals surface area contributed by atoms with E-state index in [1.165, 1.54) is 12.3 Å². The molecule has 0 unspecified atom stereocenters. The van der Waals surface area contributed by atoms with E-state index in [0.717, 1.165) is 12.1 Å². The third-order valence-electron chi connectivity index (χ3n) is 1.95. The Hall–Kier alpha value is -2.17. The molecule has 2 rings (SSSR count). The number of benzene rings is 1. The Kier molecular flexibility index (Phi) is 2.21. The minimum atomic E-state index is -0.867. The van der Waals surface area contributed by atoms with Gasteiger partial charge in [0.2, 0.25) is 5.82 Å². The maximum Gasteiger partial charge on any atom is 0.304 e. The van der Waals surface area contributed by atoms with Gasteiger partial charge in [-0.3, -0.25) is 10.1 Å². The van der Waals surface area contributed by atoms with Crippen LogP contribution in [0.3, 0.4) is 0 Å². The second-order valence-corrected chi connectivity index (χ2v) is 2.90. The van der Waals surface area contributed by atoms with Gasteiger partial charge in [0, 0.05) is 11.6 Å². The van der Waals surface area contributed by atoms with Crippen molar-refractivity contribution >= 4 is 5.69 Å². The highest BCUT2D eigenvalue weighted by Gasteiger charge is 2.14. The SMILES string of the molecule is O=[N+]([O-])c1ccc(-c2ccco2)cc1F. The highest BCUT2D eigenvalue weighted by atomic mass is 19.1. The van der Waals surface area contributed by atoms with Crippen LogP contribution in [-0.4, -0.2) is 4.92 Å². The lowest BCUT2D eigenvalue weighted by Crippen LogP contribution is -1.92.